The van der Waals surface area contributed by atoms with Crippen LogP contribution in [0.5, 0.6) is 5.75 Å². The summed E-state index contributed by atoms with van der Waals surface area (Å²) >= 11 is 0. The molecule has 4 aromatic rings. The van der Waals surface area contributed by atoms with E-state index in [2.05, 4.69) is 88.8 Å². The fraction of sp³-hybridized carbons (Fsp3) is 0.207. The van der Waals surface area contributed by atoms with Crippen LogP contribution in [0, 0.1) is 0 Å². The molecule has 0 radical (unpaired) electrons. The summed E-state index contributed by atoms with van der Waals surface area (Å²) in [5, 5.41) is 9.41. The minimum absolute atomic E-state index is 0.335. The van der Waals surface area contributed by atoms with Crippen LogP contribution in [0.25, 0.3) is 21.9 Å². The van der Waals surface area contributed by atoms with Crippen molar-refractivity contribution in [2.75, 3.05) is 33.3 Å². The number of ether oxygens (including phenoxy) is 1. The van der Waals surface area contributed by atoms with Crippen molar-refractivity contribution in [3.63, 3.8) is 0 Å². The van der Waals surface area contributed by atoms with Gasteiger partial charge in [0.05, 0.1) is 19.4 Å². The molecule has 4 aromatic carbocycles. The SMILES string of the molecule is COc1ccc2ccccc2c1C=NN1CCN(C2c3ccccc3-c3ccccc32)CC1. The summed E-state index contributed by atoms with van der Waals surface area (Å²) < 4.78 is 5.63. The highest BCUT2D eigenvalue weighted by molar-refractivity contribution is 6.02. The highest BCUT2D eigenvalue weighted by Gasteiger charge is 2.33. The van der Waals surface area contributed by atoms with Gasteiger partial charge in [0, 0.05) is 31.7 Å². The number of piperazine rings is 1. The van der Waals surface area contributed by atoms with E-state index >= 15 is 0 Å². The lowest BCUT2D eigenvalue weighted by Crippen LogP contribution is -2.45. The van der Waals surface area contributed by atoms with Gasteiger partial charge in [-0.15, -0.1) is 0 Å². The fourth-order valence-corrected chi connectivity index (χ4v) is 5.33. The molecular weight excluding hydrogens is 406 g/mol. The van der Waals surface area contributed by atoms with Crippen LogP contribution in [0.3, 0.4) is 0 Å². The zero-order valence-electron chi connectivity index (χ0n) is 18.8. The van der Waals surface area contributed by atoms with Crippen molar-refractivity contribution in [1.29, 1.82) is 0 Å². The number of hydrogen-bond donors (Lipinski definition) is 0. The quantitative estimate of drug-likeness (QED) is 0.394. The van der Waals surface area contributed by atoms with E-state index in [1.54, 1.807) is 7.11 Å². The van der Waals surface area contributed by atoms with Crippen LogP contribution in [0.1, 0.15) is 22.7 Å². The van der Waals surface area contributed by atoms with Gasteiger partial charge in [-0.3, -0.25) is 9.91 Å². The molecule has 2 aliphatic rings. The van der Waals surface area contributed by atoms with Gasteiger partial charge < -0.3 is 4.74 Å². The molecule has 1 aliphatic heterocycles. The van der Waals surface area contributed by atoms with Gasteiger partial charge in [0.2, 0.25) is 0 Å². The minimum atomic E-state index is 0.335. The van der Waals surface area contributed by atoms with E-state index in [0.29, 0.717) is 6.04 Å². The van der Waals surface area contributed by atoms with Crippen LogP contribution in [0.4, 0.5) is 0 Å². The first-order valence-corrected chi connectivity index (χ1v) is 11.6. The molecule has 0 N–H and O–H groups in total. The van der Waals surface area contributed by atoms with E-state index in [-0.39, 0.29) is 0 Å². The Kier molecular flexibility index (Phi) is 5.08. The third-order valence-electron chi connectivity index (χ3n) is 6.96. The Labute approximate surface area is 194 Å². The molecule has 164 valence electrons. The molecule has 33 heavy (non-hydrogen) atoms. The summed E-state index contributed by atoms with van der Waals surface area (Å²) in [6.45, 7) is 3.78. The number of nitrogens with zero attached hydrogens (tertiary/aromatic N) is 3. The van der Waals surface area contributed by atoms with Crippen LogP contribution < -0.4 is 4.74 Å². The van der Waals surface area contributed by atoms with Crippen molar-refractivity contribution in [1.82, 2.24) is 9.91 Å². The van der Waals surface area contributed by atoms with Gasteiger partial charge >= 0.3 is 0 Å². The molecule has 0 unspecified atom stereocenters. The van der Waals surface area contributed by atoms with Gasteiger partial charge in [0.1, 0.15) is 5.75 Å². The number of methoxy groups -OCH3 is 1. The van der Waals surface area contributed by atoms with Crippen molar-refractivity contribution >= 4 is 17.0 Å². The highest BCUT2D eigenvalue weighted by Crippen LogP contribution is 2.46. The Bertz CT molecular complexity index is 1290. The molecule has 6 rings (SSSR count). The highest BCUT2D eigenvalue weighted by atomic mass is 16.5. The maximum atomic E-state index is 5.63. The zero-order valence-corrected chi connectivity index (χ0v) is 18.8. The largest absolute Gasteiger partial charge is 0.496 e. The van der Waals surface area contributed by atoms with Gasteiger partial charge in [-0.2, -0.15) is 5.10 Å². The smallest absolute Gasteiger partial charge is 0.128 e. The normalized spacial score (nSPS) is 16.3. The maximum absolute atomic E-state index is 5.63. The van der Waals surface area contributed by atoms with Gasteiger partial charge in [0.25, 0.3) is 0 Å². The molecule has 1 heterocycles. The Morgan fingerprint density at radius 1 is 0.758 bits per heavy atom. The Balaban J connectivity index is 1.22. The van der Waals surface area contributed by atoms with E-state index in [0.717, 1.165) is 37.5 Å². The fourth-order valence-electron chi connectivity index (χ4n) is 5.33. The summed E-state index contributed by atoms with van der Waals surface area (Å²) in [7, 11) is 1.72. The van der Waals surface area contributed by atoms with Crippen LogP contribution in [-0.2, 0) is 0 Å². The molecule has 4 nitrogen and oxygen atoms in total. The molecular formula is C29H27N3O. The lowest BCUT2D eigenvalue weighted by Gasteiger charge is -2.37. The van der Waals surface area contributed by atoms with Gasteiger partial charge in [-0.05, 0) is 39.1 Å². The molecule has 4 heteroatoms. The first-order chi connectivity index (χ1) is 16.3. The van der Waals surface area contributed by atoms with Crippen LogP contribution in [-0.4, -0.2) is 49.4 Å². The van der Waals surface area contributed by atoms with E-state index in [4.69, 9.17) is 9.84 Å². The maximum Gasteiger partial charge on any atom is 0.128 e. The second-order valence-electron chi connectivity index (χ2n) is 8.71. The average Bonchev–Trinajstić information content (AvgIpc) is 3.22. The summed E-state index contributed by atoms with van der Waals surface area (Å²) in [6.07, 6.45) is 1.97. The van der Waals surface area contributed by atoms with E-state index in [1.807, 2.05) is 12.3 Å². The van der Waals surface area contributed by atoms with Crippen molar-refractivity contribution < 1.29 is 4.74 Å². The van der Waals surface area contributed by atoms with Crippen LogP contribution >= 0.6 is 0 Å². The number of fused-ring (bicyclic) bond motifs is 4. The minimum Gasteiger partial charge on any atom is -0.496 e. The standard InChI is InChI=1S/C29H27N3O/c1-33-28-15-14-21-8-2-3-9-22(21)27(28)20-30-32-18-16-31(17-19-32)29-25-12-6-4-10-23(25)24-11-5-7-13-26(24)29/h2-15,20,29H,16-19H2,1H3. The average molecular weight is 434 g/mol. The third kappa shape index (κ3) is 3.47. The first kappa shape index (κ1) is 20.0. The summed E-state index contributed by atoms with van der Waals surface area (Å²) in [6, 6.07) is 30.6. The van der Waals surface area contributed by atoms with Crippen LogP contribution in [0.2, 0.25) is 0 Å². The van der Waals surface area contributed by atoms with Crippen LogP contribution in [0.15, 0.2) is 90.0 Å². The molecule has 1 fully saturated rings. The van der Waals surface area contributed by atoms with Crippen molar-refractivity contribution in [3.8, 4) is 16.9 Å². The Morgan fingerprint density at radius 2 is 1.39 bits per heavy atom. The Morgan fingerprint density at radius 3 is 2.09 bits per heavy atom. The third-order valence-corrected chi connectivity index (χ3v) is 6.96. The monoisotopic (exact) mass is 433 g/mol. The second-order valence-corrected chi connectivity index (χ2v) is 8.71. The van der Waals surface area contributed by atoms with Crippen molar-refractivity contribution in [3.05, 3.63) is 102 Å². The lowest BCUT2D eigenvalue weighted by molar-refractivity contribution is 0.114. The molecule has 0 atom stereocenters. The summed E-state index contributed by atoms with van der Waals surface area (Å²) in [5.41, 5.74) is 6.65. The number of hydrogen-bond acceptors (Lipinski definition) is 4. The van der Waals surface area contributed by atoms with E-state index in [1.165, 1.54) is 33.0 Å². The molecule has 0 spiro atoms. The van der Waals surface area contributed by atoms with E-state index < -0.39 is 0 Å². The predicted octanol–water partition coefficient (Wildman–Crippen LogP) is 5.57. The second kappa shape index (κ2) is 8.38. The molecule has 0 bridgehead atoms. The predicted molar refractivity (Wildman–Crippen MR) is 135 cm³/mol. The number of hydrazone groups is 1. The molecule has 0 aromatic heterocycles. The molecule has 1 aliphatic carbocycles. The zero-order chi connectivity index (χ0) is 22.2. The topological polar surface area (TPSA) is 28.1 Å². The molecule has 0 amide bonds. The van der Waals surface area contributed by atoms with Crippen molar-refractivity contribution in [2.45, 2.75) is 6.04 Å². The first-order valence-electron chi connectivity index (χ1n) is 11.6. The molecule has 1 saturated heterocycles. The van der Waals surface area contributed by atoms with Crippen molar-refractivity contribution in [2.24, 2.45) is 5.10 Å². The summed E-state index contributed by atoms with van der Waals surface area (Å²) in [4.78, 5) is 2.61. The van der Waals surface area contributed by atoms with E-state index in [9.17, 15) is 0 Å². The number of benzene rings is 4. The lowest BCUT2D eigenvalue weighted by atomic mass is 10.0. The number of rotatable bonds is 4. The van der Waals surface area contributed by atoms with Gasteiger partial charge in [-0.25, -0.2) is 0 Å². The Hall–Kier alpha value is -3.63. The van der Waals surface area contributed by atoms with Gasteiger partial charge in [0.15, 0.2) is 0 Å². The van der Waals surface area contributed by atoms with Gasteiger partial charge in [-0.1, -0.05) is 78.9 Å². The molecule has 0 saturated carbocycles. The summed E-state index contributed by atoms with van der Waals surface area (Å²) in [5.74, 6) is 0.857.